The number of hydrogen-bond acceptors (Lipinski definition) is 4. The highest BCUT2D eigenvalue weighted by Gasteiger charge is 2.54. The highest BCUT2D eigenvalue weighted by atomic mass is 32.1. The highest BCUT2D eigenvalue weighted by Crippen LogP contribution is 2.46. The van der Waals surface area contributed by atoms with Crippen LogP contribution in [-0.4, -0.2) is 52.4 Å². The fourth-order valence-corrected chi connectivity index (χ4v) is 5.96. The van der Waals surface area contributed by atoms with E-state index in [0.717, 1.165) is 11.6 Å². The zero-order valence-corrected chi connectivity index (χ0v) is 16.2. The molecule has 4 fully saturated rings. The van der Waals surface area contributed by atoms with Gasteiger partial charge in [-0.15, -0.1) is 11.3 Å². The molecule has 0 unspecified atom stereocenters. The number of hydrogen-bond donors (Lipinski definition) is 0. The number of piperidine rings is 3. The second-order valence-corrected chi connectivity index (χ2v) is 9.14. The fourth-order valence-electron chi connectivity index (χ4n) is 5.37. The molecule has 0 spiro atoms. The molecule has 4 saturated heterocycles. The number of benzene rings is 1. The third-order valence-electron chi connectivity index (χ3n) is 6.60. The minimum Gasteiger partial charge on any atom is -0.332 e. The number of carbonyl (C=O) groups excluding carboxylic acids is 1. The minimum atomic E-state index is 0.132. The molecule has 5 heteroatoms. The molecule has 1 aromatic heterocycles. The lowest BCUT2D eigenvalue weighted by molar-refractivity contribution is -0.00356. The van der Waals surface area contributed by atoms with E-state index in [1.165, 1.54) is 37.1 Å². The van der Waals surface area contributed by atoms with E-state index in [0.29, 0.717) is 29.6 Å². The maximum absolute atomic E-state index is 13.3. The number of nitrogens with zero attached hydrogens (tertiary/aromatic N) is 3. The Morgan fingerprint density at radius 1 is 1.12 bits per heavy atom. The van der Waals surface area contributed by atoms with E-state index >= 15 is 0 Å². The Morgan fingerprint density at radius 3 is 2.50 bits per heavy atom. The molecule has 0 aliphatic carbocycles. The Labute approximate surface area is 158 Å². The molecule has 5 heterocycles. The summed E-state index contributed by atoms with van der Waals surface area (Å²) in [6, 6.07) is 9.75. The largest absolute Gasteiger partial charge is 0.332 e. The lowest BCUT2D eigenvalue weighted by Crippen LogP contribution is -2.60. The molecule has 0 radical (unpaired) electrons. The molecule has 26 heavy (non-hydrogen) atoms. The molecule has 6 rings (SSSR count). The van der Waals surface area contributed by atoms with Crippen molar-refractivity contribution in [3.63, 3.8) is 0 Å². The summed E-state index contributed by atoms with van der Waals surface area (Å²) in [6.07, 6.45) is 2.45. The van der Waals surface area contributed by atoms with Gasteiger partial charge < -0.3 is 4.90 Å². The lowest BCUT2D eigenvalue weighted by atomic mass is 9.75. The monoisotopic (exact) mass is 367 g/mol. The van der Waals surface area contributed by atoms with Crippen LogP contribution >= 0.6 is 11.3 Å². The average molecular weight is 368 g/mol. The normalized spacial score (nSPS) is 32.7. The first-order valence-electron chi connectivity index (χ1n) is 9.65. The van der Waals surface area contributed by atoms with Gasteiger partial charge in [-0.3, -0.25) is 9.69 Å². The SMILES string of the molecule is Cc1ccc([C@@H]2CN(C(=O)c3csc(C)n3)[C@H]3C4CCN(CC4)[C@@H]23)cc1. The lowest BCUT2D eigenvalue weighted by Gasteiger charge is -2.51. The first kappa shape index (κ1) is 16.5. The topological polar surface area (TPSA) is 36.4 Å². The van der Waals surface area contributed by atoms with E-state index in [2.05, 4.69) is 46.0 Å². The van der Waals surface area contributed by atoms with Gasteiger partial charge >= 0.3 is 0 Å². The Balaban J connectivity index is 1.52. The molecule has 2 bridgehead atoms. The van der Waals surface area contributed by atoms with Crippen LogP contribution in [0.1, 0.15) is 45.4 Å². The van der Waals surface area contributed by atoms with E-state index in [1.807, 2.05) is 12.3 Å². The molecular weight excluding hydrogens is 342 g/mol. The van der Waals surface area contributed by atoms with Crippen LogP contribution in [0.2, 0.25) is 0 Å². The molecule has 4 aliphatic rings. The maximum atomic E-state index is 13.3. The summed E-state index contributed by atoms with van der Waals surface area (Å²) in [5.41, 5.74) is 3.30. The molecule has 4 aliphatic heterocycles. The van der Waals surface area contributed by atoms with Gasteiger partial charge in [0.15, 0.2) is 0 Å². The maximum Gasteiger partial charge on any atom is 0.273 e. The highest BCUT2D eigenvalue weighted by molar-refractivity contribution is 7.09. The van der Waals surface area contributed by atoms with Gasteiger partial charge in [0.2, 0.25) is 0 Å². The van der Waals surface area contributed by atoms with E-state index in [4.69, 9.17) is 0 Å². The second kappa shape index (κ2) is 6.17. The van der Waals surface area contributed by atoms with Crippen LogP contribution in [0.25, 0.3) is 0 Å². The van der Waals surface area contributed by atoms with Crippen molar-refractivity contribution in [2.24, 2.45) is 5.92 Å². The second-order valence-electron chi connectivity index (χ2n) is 8.08. The number of likely N-dealkylation sites (tertiary alicyclic amines) is 1. The van der Waals surface area contributed by atoms with Gasteiger partial charge in [-0.25, -0.2) is 4.98 Å². The number of carbonyl (C=O) groups is 1. The number of fused-ring (bicyclic) bond motifs is 2. The van der Waals surface area contributed by atoms with Crippen molar-refractivity contribution >= 4 is 17.2 Å². The Hall–Kier alpha value is -1.72. The quantitative estimate of drug-likeness (QED) is 0.816. The van der Waals surface area contributed by atoms with Crippen molar-refractivity contribution in [1.29, 1.82) is 0 Å². The Kier molecular flexibility index (Phi) is 3.90. The van der Waals surface area contributed by atoms with Crippen LogP contribution in [0.4, 0.5) is 0 Å². The molecule has 4 nitrogen and oxygen atoms in total. The molecule has 0 saturated carbocycles. The summed E-state index contributed by atoms with van der Waals surface area (Å²) < 4.78 is 0. The number of aryl methyl sites for hydroxylation is 2. The molecule has 1 amide bonds. The Morgan fingerprint density at radius 2 is 1.85 bits per heavy atom. The zero-order chi connectivity index (χ0) is 17.8. The van der Waals surface area contributed by atoms with E-state index in [1.54, 1.807) is 11.3 Å². The van der Waals surface area contributed by atoms with Crippen LogP contribution in [-0.2, 0) is 0 Å². The van der Waals surface area contributed by atoms with Gasteiger partial charge in [-0.05, 0) is 51.3 Å². The fraction of sp³-hybridized carbons (Fsp3) is 0.524. The van der Waals surface area contributed by atoms with Crippen LogP contribution in [0, 0.1) is 19.8 Å². The summed E-state index contributed by atoms with van der Waals surface area (Å²) in [4.78, 5) is 22.6. The van der Waals surface area contributed by atoms with Crippen molar-refractivity contribution in [2.75, 3.05) is 19.6 Å². The van der Waals surface area contributed by atoms with Crippen molar-refractivity contribution < 1.29 is 4.79 Å². The van der Waals surface area contributed by atoms with Gasteiger partial charge in [0.25, 0.3) is 5.91 Å². The summed E-state index contributed by atoms with van der Waals surface area (Å²) in [6.45, 7) is 7.30. The third kappa shape index (κ3) is 2.52. The molecule has 1 aromatic carbocycles. The summed E-state index contributed by atoms with van der Waals surface area (Å²) in [5, 5.41) is 2.89. The molecule has 3 atom stereocenters. The predicted octanol–water partition coefficient (Wildman–Crippen LogP) is 3.46. The third-order valence-corrected chi connectivity index (χ3v) is 7.37. The van der Waals surface area contributed by atoms with Crippen LogP contribution in [0.15, 0.2) is 29.6 Å². The predicted molar refractivity (Wildman–Crippen MR) is 104 cm³/mol. The molecular formula is C21H25N3OS. The van der Waals surface area contributed by atoms with E-state index in [-0.39, 0.29) is 5.91 Å². The zero-order valence-electron chi connectivity index (χ0n) is 15.4. The standard InChI is InChI=1S/C21H25N3OS/c1-13-3-5-15(6-4-13)17-11-24(21(25)18-12-26-14(2)22-18)19-16-7-9-23(10-8-16)20(17)19/h3-6,12,16-17,19-20H,7-11H2,1-2H3/t17-,19-,20-/m0/s1. The van der Waals surface area contributed by atoms with E-state index in [9.17, 15) is 4.79 Å². The van der Waals surface area contributed by atoms with Gasteiger partial charge in [-0.1, -0.05) is 29.8 Å². The summed E-state index contributed by atoms with van der Waals surface area (Å²) in [5.74, 6) is 1.18. The van der Waals surface area contributed by atoms with Crippen molar-refractivity contribution in [3.8, 4) is 0 Å². The van der Waals surface area contributed by atoms with Crippen LogP contribution < -0.4 is 0 Å². The minimum absolute atomic E-state index is 0.132. The number of amides is 1. The summed E-state index contributed by atoms with van der Waals surface area (Å²) in [7, 11) is 0. The molecule has 2 aromatic rings. The van der Waals surface area contributed by atoms with E-state index < -0.39 is 0 Å². The van der Waals surface area contributed by atoms with Gasteiger partial charge in [0.1, 0.15) is 5.69 Å². The first-order chi connectivity index (χ1) is 12.6. The first-order valence-corrected chi connectivity index (χ1v) is 10.5. The van der Waals surface area contributed by atoms with Crippen LogP contribution in [0.3, 0.4) is 0 Å². The molecule has 0 N–H and O–H groups in total. The number of thiazole rings is 1. The Bertz CT molecular complexity index is 822. The summed E-state index contributed by atoms with van der Waals surface area (Å²) >= 11 is 1.57. The van der Waals surface area contributed by atoms with Gasteiger partial charge in [-0.2, -0.15) is 0 Å². The van der Waals surface area contributed by atoms with Crippen molar-refractivity contribution in [1.82, 2.24) is 14.8 Å². The average Bonchev–Trinajstić information content (AvgIpc) is 3.28. The number of aromatic nitrogens is 1. The molecule has 136 valence electrons. The van der Waals surface area contributed by atoms with Gasteiger partial charge in [0, 0.05) is 23.9 Å². The van der Waals surface area contributed by atoms with Crippen molar-refractivity contribution in [3.05, 3.63) is 51.5 Å². The smallest absolute Gasteiger partial charge is 0.273 e. The van der Waals surface area contributed by atoms with Crippen molar-refractivity contribution in [2.45, 2.75) is 44.7 Å². The van der Waals surface area contributed by atoms with Gasteiger partial charge in [0.05, 0.1) is 11.0 Å². The van der Waals surface area contributed by atoms with Crippen LogP contribution in [0.5, 0.6) is 0 Å². The number of rotatable bonds is 2.